The van der Waals surface area contributed by atoms with Crippen LogP contribution in [0.3, 0.4) is 0 Å². The van der Waals surface area contributed by atoms with Crippen LogP contribution in [0.1, 0.15) is 11.4 Å². The molecular weight excluding hydrogens is 334 g/mol. The van der Waals surface area contributed by atoms with Crippen molar-refractivity contribution in [3.05, 3.63) is 62.6 Å². The zero-order valence-electron chi connectivity index (χ0n) is 14.7. The van der Waals surface area contributed by atoms with Crippen LogP contribution >= 0.6 is 0 Å². The summed E-state index contributed by atoms with van der Waals surface area (Å²) in [6.45, 7) is 0.981. The summed E-state index contributed by atoms with van der Waals surface area (Å²) in [5.41, 5.74) is 0.944. The smallest absolute Gasteiger partial charge is 0.332 e. The quantitative estimate of drug-likeness (QED) is 0.665. The third kappa shape index (κ3) is 2.45. The van der Waals surface area contributed by atoms with Gasteiger partial charge in [0.1, 0.15) is 12.4 Å². The summed E-state index contributed by atoms with van der Waals surface area (Å²) >= 11 is 0. The summed E-state index contributed by atoms with van der Waals surface area (Å²) in [5, 5.41) is 0. The van der Waals surface area contributed by atoms with Crippen LogP contribution < -0.4 is 11.2 Å². The van der Waals surface area contributed by atoms with E-state index in [2.05, 4.69) is 4.98 Å². The molecule has 0 saturated heterocycles. The number of nitrogens with zero attached hydrogens (tertiary/aromatic N) is 5. The standard InChI is InChI=1S/C18H19N5O3/c1-20-16-15(17(25)21(2)18(20)26)23-11-14(24)22(10-13(23)19-16)9-8-12-6-4-3-5-7-12/h3-7H,8-11H2,1-2H3. The largest absolute Gasteiger partial charge is 0.333 e. The van der Waals surface area contributed by atoms with Gasteiger partial charge in [0.15, 0.2) is 11.2 Å². The molecule has 1 amide bonds. The molecule has 2 aromatic heterocycles. The van der Waals surface area contributed by atoms with Crippen LogP contribution in [-0.2, 0) is 38.4 Å². The number of aromatic nitrogens is 4. The van der Waals surface area contributed by atoms with Crippen molar-refractivity contribution in [3.63, 3.8) is 0 Å². The van der Waals surface area contributed by atoms with Crippen LogP contribution in [0.15, 0.2) is 39.9 Å². The molecule has 8 heteroatoms. The maximum atomic E-state index is 12.6. The number of fused-ring (bicyclic) bond motifs is 3. The number of aryl methyl sites for hydroxylation is 1. The van der Waals surface area contributed by atoms with E-state index in [0.29, 0.717) is 30.1 Å². The third-order valence-corrected chi connectivity index (χ3v) is 4.92. The van der Waals surface area contributed by atoms with Crippen LogP contribution in [0, 0.1) is 0 Å². The predicted octanol–water partition coefficient (Wildman–Crippen LogP) is 0.0186. The number of carbonyl (C=O) groups excluding carboxylic acids is 1. The van der Waals surface area contributed by atoms with Gasteiger partial charge in [-0.15, -0.1) is 0 Å². The van der Waals surface area contributed by atoms with Gasteiger partial charge in [-0.1, -0.05) is 30.3 Å². The van der Waals surface area contributed by atoms with E-state index >= 15 is 0 Å². The first-order chi connectivity index (χ1) is 12.5. The summed E-state index contributed by atoms with van der Waals surface area (Å²) < 4.78 is 4.03. The van der Waals surface area contributed by atoms with Gasteiger partial charge in [0.2, 0.25) is 5.91 Å². The first-order valence-electron chi connectivity index (χ1n) is 8.44. The fourth-order valence-electron chi connectivity index (χ4n) is 3.39. The SMILES string of the molecule is Cn1c(=O)c2c(nc3n2CC(=O)N(CCc2ccccc2)C3)n(C)c1=O. The highest BCUT2D eigenvalue weighted by molar-refractivity contribution is 5.81. The van der Waals surface area contributed by atoms with E-state index in [4.69, 9.17) is 0 Å². The number of rotatable bonds is 3. The van der Waals surface area contributed by atoms with Gasteiger partial charge in [0.25, 0.3) is 5.56 Å². The zero-order chi connectivity index (χ0) is 18.4. The highest BCUT2D eigenvalue weighted by Crippen LogP contribution is 2.18. The fourth-order valence-corrected chi connectivity index (χ4v) is 3.39. The minimum Gasteiger partial charge on any atom is -0.333 e. The number of hydrogen-bond donors (Lipinski definition) is 0. The lowest BCUT2D eigenvalue weighted by molar-refractivity contribution is -0.134. The molecule has 0 aliphatic carbocycles. The molecule has 134 valence electrons. The van der Waals surface area contributed by atoms with Crippen LogP contribution in [0.25, 0.3) is 11.2 Å². The number of hydrogen-bond acceptors (Lipinski definition) is 4. The zero-order valence-corrected chi connectivity index (χ0v) is 14.7. The van der Waals surface area contributed by atoms with E-state index in [1.54, 1.807) is 16.5 Å². The van der Waals surface area contributed by atoms with Crippen molar-refractivity contribution < 1.29 is 4.79 Å². The lowest BCUT2D eigenvalue weighted by Crippen LogP contribution is -2.41. The number of carbonyl (C=O) groups is 1. The second kappa shape index (κ2) is 5.98. The summed E-state index contributed by atoms with van der Waals surface area (Å²) in [6, 6.07) is 9.97. The molecule has 1 aromatic carbocycles. The lowest BCUT2D eigenvalue weighted by atomic mass is 10.1. The Bertz CT molecular complexity index is 1120. The van der Waals surface area contributed by atoms with Gasteiger partial charge in [-0.05, 0) is 12.0 Å². The molecule has 0 atom stereocenters. The average Bonchev–Trinajstić information content (AvgIpc) is 3.02. The second-order valence-electron chi connectivity index (χ2n) is 6.54. The summed E-state index contributed by atoms with van der Waals surface area (Å²) in [5.74, 6) is 0.578. The van der Waals surface area contributed by atoms with E-state index in [9.17, 15) is 14.4 Å². The Morgan fingerprint density at radius 2 is 1.73 bits per heavy atom. The molecule has 0 bridgehead atoms. The highest BCUT2D eigenvalue weighted by Gasteiger charge is 2.28. The third-order valence-electron chi connectivity index (χ3n) is 4.92. The van der Waals surface area contributed by atoms with E-state index in [1.165, 1.54) is 11.6 Å². The number of imidazole rings is 1. The Hall–Kier alpha value is -3.16. The Labute approximate surface area is 148 Å². The summed E-state index contributed by atoms with van der Waals surface area (Å²) in [6.07, 6.45) is 0.757. The van der Waals surface area contributed by atoms with Crippen molar-refractivity contribution >= 4 is 17.1 Å². The van der Waals surface area contributed by atoms with Crippen molar-refractivity contribution in [2.24, 2.45) is 14.1 Å². The molecule has 0 N–H and O–H groups in total. The summed E-state index contributed by atoms with van der Waals surface area (Å²) in [7, 11) is 3.01. The molecule has 1 aliphatic rings. The van der Waals surface area contributed by atoms with E-state index in [-0.39, 0.29) is 12.5 Å². The van der Waals surface area contributed by atoms with Crippen molar-refractivity contribution in [1.82, 2.24) is 23.6 Å². The van der Waals surface area contributed by atoms with Gasteiger partial charge in [0, 0.05) is 20.6 Å². The van der Waals surface area contributed by atoms with Crippen molar-refractivity contribution in [2.45, 2.75) is 19.5 Å². The average molecular weight is 353 g/mol. The monoisotopic (exact) mass is 353 g/mol. The highest BCUT2D eigenvalue weighted by atomic mass is 16.2. The van der Waals surface area contributed by atoms with Gasteiger partial charge in [-0.2, -0.15) is 0 Å². The molecule has 0 unspecified atom stereocenters. The Morgan fingerprint density at radius 1 is 1.00 bits per heavy atom. The van der Waals surface area contributed by atoms with Crippen LogP contribution in [0.5, 0.6) is 0 Å². The maximum Gasteiger partial charge on any atom is 0.332 e. The first kappa shape index (κ1) is 16.3. The molecule has 8 nitrogen and oxygen atoms in total. The molecule has 3 heterocycles. The molecule has 0 radical (unpaired) electrons. The molecule has 0 fully saturated rings. The van der Waals surface area contributed by atoms with Crippen LogP contribution in [0.2, 0.25) is 0 Å². The Kier molecular flexibility index (Phi) is 3.75. The molecular formula is C18H19N5O3. The predicted molar refractivity (Wildman–Crippen MR) is 95.8 cm³/mol. The van der Waals surface area contributed by atoms with Crippen molar-refractivity contribution in [2.75, 3.05) is 6.54 Å². The first-order valence-corrected chi connectivity index (χ1v) is 8.44. The molecule has 26 heavy (non-hydrogen) atoms. The lowest BCUT2D eigenvalue weighted by Gasteiger charge is -2.27. The maximum absolute atomic E-state index is 12.6. The second-order valence-corrected chi connectivity index (χ2v) is 6.54. The van der Waals surface area contributed by atoms with Gasteiger partial charge >= 0.3 is 5.69 Å². The number of benzene rings is 1. The topological polar surface area (TPSA) is 82.1 Å². The van der Waals surface area contributed by atoms with Crippen LogP contribution in [0.4, 0.5) is 0 Å². The molecule has 0 spiro atoms. The van der Waals surface area contributed by atoms with Crippen LogP contribution in [-0.4, -0.2) is 36.0 Å². The van der Waals surface area contributed by atoms with E-state index in [0.717, 1.165) is 16.6 Å². The Balaban J connectivity index is 1.70. The number of amides is 1. The molecule has 1 aliphatic heterocycles. The van der Waals surface area contributed by atoms with Gasteiger partial charge in [0.05, 0.1) is 6.54 Å². The molecule has 4 rings (SSSR count). The summed E-state index contributed by atoms with van der Waals surface area (Å²) in [4.78, 5) is 43.4. The van der Waals surface area contributed by atoms with Gasteiger partial charge < -0.3 is 9.47 Å². The van der Waals surface area contributed by atoms with Gasteiger partial charge in [-0.25, -0.2) is 9.78 Å². The van der Waals surface area contributed by atoms with Crippen molar-refractivity contribution in [1.29, 1.82) is 0 Å². The van der Waals surface area contributed by atoms with Gasteiger partial charge in [-0.3, -0.25) is 18.7 Å². The minimum absolute atomic E-state index is 0.0522. The van der Waals surface area contributed by atoms with Crippen molar-refractivity contribution in [3.8, 4) is 0 Å². The van der Waals surface area contributed by atoms with E-state index in [1.807, 2.05) is 30.3 Å². The normalized spacial score (nSPS) is 14.1. The molecule has 3 aromatic rings. The Morgan fingerprint density at radius 3 is 2.46 bits per heavy atom. The molecule has 0 saturated carbocycles. The van der Waals surface area contributed by atoms with E-state index < -0.39 is 11.2 Å². The fraction of sp³-hybridized carbons (Fsp3) is 0.333. The minimum atomic E-state index is -0.426.